The van der Waals surface area contributed by atoms with Crippen molar-refractivity contribution in [3.8, 4) is 0 Å². The van der Waals surface area contributed by atoms with Crippen molar-refractivity contribution in [3.05, 3.63) is 71.8 Å². The molecule has 25 heavy (non-hydrogen) atoms. The second kappa shape index (κ2) is 6.28. The minimum absolute atomic E-state index is 0.261. The van der Waals surface area contributed by atoms with Crippen LogP contribution in [-0.4, -0.2) is 42.6 Å². The monoisotopic (exact) mass is 336 g/mol. The van der Waals surface area contributed by atoms with Crippen molar-refractivity contribution < 1.29 is 9.90 Å². The van der Waals surface area contributed by atoms with E-state index in [1.807, 2.05) is 60.7 Å². The maximum atomic E-state index is 13.3. The van der Waals surface area contributed by atoms with Gasteiger partial charge in [-0.1, -0.05) is 60.7 Å². The molecule has 2 N–H and O–H groups in total. The molecule has 2 aliphatic rings. The number of piperidine rings is 1. The first kappa shape index (κ1) is 16.3. The zero-order valence-corrected chi connectivity index (χ0v) is 14.4. The van der Waals surface area contributed by atoms with Gasteiger partial charge in [-0.2, -0.15) is 0 Å². The highest BCUT2D eigenvalue weighted by atomic mass is 16.3. The largest absolute Gasteiger partial charge is 0.372 e. The highest BCUT2D eigenvalue weighted by molar-refractivity contribution is 5.90. The average Bonchev–Trinajstić information content (AvgIpc) is 3.07. The third-order valence-corrected chi connectivity index (χ3v) is 5.79. The van der Waals surface area contributed by atoms with E-state index in [0.29, 0.717) is 35.4 Å². The number of carbonyl (C=O) groups excluding carboxylic acids is 1. The van der Waals surface area contributed by atoms with E-state index in [4.69, 9.17) is 0 Å². The molecule has 2 aromatic rings. The van der Waals surface area contributed by atoms with Crippen molar-refractivity contribution in [2.75, 3.05) is 26.7 Å². The molecule has 130 valence electrons. The van der Waals surface area contributed by atoms with Crippen molar-refractivity contribution >= 4 is 5.91 Å². The Hall–Kier alpha value is -2.17. The minimum Gasteiger partial charge on any atom is -0.372 e. The summed E-state index contributed by atoms with van der Waals surface area (Å²) >= 11 is 0. The fourth-order valence-corrected chi connectivity index (χ4v) is 4.27. The van der Waals surface area contributed by atoms with Crippen LogP contribution in [0.5, 0.6) is 0 Å². The van der Waals surface area contributed by atoms with Gasteiger partial charge in [0.1, 0.15) is 0 Å². The van der Waals surface area contributed by atoms with E-state index in [9.17, 15) is 9.90 Å². The van der Waals surface area contributed by atoms with Crippen molar-refractivity contribution in [2.24, 2.45) is 17.8 Å². The van der Waals surface area contributed by atoms with Crippen molar-refractivity contribution in [1.29, 1.82) is 0 Å². The molecule has 2 atom stereocenters. The number of hydrogen-bond acceptors (Lipinski definition) is 3. The topological polar surface area (TPSA) is 52.6 Å². The zero-order valence-electron chi connectivity index (χ0n) is 14.4. The van der Waals surface area contributed by atoms with Crippen molar-refractivity contribution in [1.82, 2.24) is 10.2 Å². The number of benzene rings is 2. The number of carbonyl (C=O) groups is 1. The second-order valence-electron chi connectivity index (χ2n) is 7.28. The van der Waals surface area contributed by atoms with E-state index in [1.165, 1.54) is 0 Å². The van der Waals surface area contributed by atoms with Crippen LogP contribution in [0.25, 0.3) is 0 Å². The molecular formula is C21H24N2O2. The van der Waals surface area contributed by atoms with Crippen LogP contribution in [0.15, 0.2) is 60.7 Å². The lowest BCUT2D eigenvalue weighted by Crippen LogP contribution is -2.47. The molecule has 4 heteroatoms. The van der Waals surface area contributed by atoms with Gasteiger partial charge in [-0.3, -0.25) is 4.79 Å². The maximum absolute atomic E-state index is 13.3. The van der Waals surface area contributed by atoms with Gasteiger partial charge in [0.05, 0.1) is 0 Å². The Morgan fingerprint density at radius 3 is 2.00 bits per heavy atom. The predicted molar refractivity (Wildman–Crippen MR) is 96.9 cm³/mol. The zero-order chi connectivity index (χ0) is 17.4. The molecule has 1 aliphatic carbocycles. The van der Waals surface area contributed by atoms with E-state index in [2.05, 4.69) is 5.32 Å². The number of amides is 1. The SMILES string of the molecule is CN(CC1C2CNCC21)C(=O)C(O)(c1ccccc1)c1ccccc1. The fraction of sp³-hybridized carbons (Fsp3) is 0.381. The van der Waals surface area contributed by atoms with E-state index >= 15 is 0 Å². The molecule has 4 rings (SSSR count). The Bertz CT molecular complexity index is 698. The predicted octanol–water partition coefficient (Wildman–Crippen LogP) is 1.85. The third kappa shape index (κ3) is 2.75. The molecule has 1 heterocycles. The normalized spacial score (nSPS) is 24.6. The van der Waals surface area contributed by atoms with E-state index < -0.39 is 5.60 Å². The summed E-state index contributed by atoms with van der Waals surface area (Å²) in [5.41, 5.74) is -0.439. The highest BCUT2D eigenvalue weighted by Gasteiger charge is 2.54. The molecule has 2 unspecified atom stereocenters. The van der Waals surface area contributed by atoms with E-state index in [0.717, 1.165) is 13.1 Å². The molecule has 1 aliphatic heterocycles. The van der Waals surface area contributed by atoms with Crippen molar-refractivity contribution in [3.63, 3.8) is 0 Å². The summed E-state index contributed by atoms with van der Waals surface area (Å²) in [4.78, 5) is 15.0. The Morgan fingerprint density at radius 1 is 1.04 bits per heavy atom. The number of aliphatic hydroxyl groups is 1. The molecular weight excluding hydrogens is 312 g/mol. The lowest BCUT2D eigenvalue weighted by Gasteiger charge is -2.32. The molecule has 0 radical (unpaired) electrons. The number of nitrogens with zero attached hydrogens (tertiary/aromatic N) is 1. The van der Waals surface area contributed by atoms with Crippen LogP contribution in [0.3, 0.4) is 0 Å². The minimum atomic E-state index is -1.65. The van der Waals surface area contributed by atoms with Crippen LogP contribution in [0.1, 0.15) is 11.1 Å². The summed E-state index contributed by atoms with van der Waals surface area (Å²) in [5.74, 6) is 1.68. The van der Waals surface area contributed by atoms with Crippen LogP contribution in [0.4, 0.5) is 0 Å². The standard InChI is InChI=1S/C21H24N2O2/c1-23(14-19-17-12-22-13-18(17)19)20(24)21(25,15-8-4-2-5-9-15)16-10-6-3-7-11-16/h2-11,17-19,22,25H,12-14H2,1H3. The van der Waals surface area contributed by atoms with Gasteiger partial charge in [-0.25, -0.2) is 0 Å². The first-order chi connectivity index (χ1) is 12.1. The summed E-state index contributed by atoms with van der Waals surface area (Å²) in [6.07, 6.45) is 0. The Balaban J connectivity index is 1.62. The van der Waals surface area contributed by atoms with Crippen LogP contribution < -0.4 is 5.32 Å². The smallest absolute Gasteiger partial charge is 0.263 e. The van der Waals surface area contributed by atoms with Gasteiger partial charge in [-0.15, -0.1) is 0 Å². The molecule has 4 nitrogen and oxygen atoms in total. The van der Waals surface area contributed by atoms with Gasteiger partial charge in [0, 0.05) is 13.6 Å². The quantitative estimate of drug-likeness (QED) is 0.876. The van der Waals surface area contributed by atoms with Gasteiger partial charge < -0.3 is 15.3 Å². The lowest BCUT2D eigenvalue weighted by atomic mass is 9.85. The maximum Gasteiger partial charge on any atom is 0.263 e. The number of fused-ring (bicyclic) bond motifs is 1. The van der Waals surface area contributed by atoms with Crippen molar-refractivity contribution in [2.45, 2.75) is 5.60 Å². The Morgan fingerprint density at radius 2 is 1.52 bits per heavy atom. The Kier molecular flexibility index (Phi) is 4.10. The molecule has 1 saturated carbocycles. The number of likely N-dealkylation sites (N-methyl/N-ethyl adjacent to an activating group) is 1. The lowest BCUT2D eigenvalue weighted by molar-refractivity contribution is -0.147. The molecule has 2 aromatic carbocycles. The van der Waals surface area contributed by atoms with E-state index in [1.54, 1.807) is 11.9 Å². The number of nitrogens with one attached hydrogen (secondary N) is 1. The first-order valence-corrected chi connectivity index (χ1v) is 8.92. The summed E-state index contributed by atoms with van der Waals surface area (Å²) in [7, 11) is 1.81. The van der Waals surface area contributed by atoms with Gasteiger partial charge in [-0.05, 0) is 42.0 Å². The molecule has 2 fully saturated rings. The molecule has 0 bridgehead atoms. The van der Waals surface area contributed by atoms with Crippen LogP contribution >= 0.6 is 0 Å². The number of hydrogen-bond donors (Lipinski definition) is 2. The molecule has 1 amide bonds. The fourth-order valence-electron chi connectivity index (χ4n) is 4.27. The first-order valence-electron chi connectivity index (χ1n) is 8.92. The van der Waals surface area contributed by atoms with E-state index in [-0.39, 0.29) is 5.91 Å². The molecule has 0 aromatic heterocycles. The summed E-state index contributed by atoms with van der Waals surface area (Å²) in [6, 6.07) is 18.5. The summed E-state index contributed by atoms with van der Waals surface area (Å²) in [6.45, 7) is 2.82. The summed E-state index contributed by atoms with van der Waals surface area (Å²) in [5, 5.41) is 14.9. The van der Waals surface area contributed by atoms with Crippen LogP contribution in [0.2, 0.25) is 0 Å². The third-order valence-electron chi connectivity index (χ3n) is 5.79. The highest BCUT2D eigenvalue weighted by Crippen LogP contribution is 2.49. The Labute approximate surface area is 148 Å². The molecule has 0 spiro atoms. The van der Waals surface area contributed by atoms with Crippen LogP contribution in [0, 0.1) is 17.8 Å². The summed E-state index contributed by atoms with van der Waals surface area (Å²) < 4.78 is 0. The van der Waals surface area contributed by atoms with Crippen LogP contribution in [-0.2, 0) is 10.4 Å². The van der Waals surface area contributed by atoms with Gasteiger partial charge in [0.25, 0.3) is 5.91 Å². The van der Waals surface area contributed by atoms with Gasteiger partial charge in [0.15, 0.2) is 5.60 Å². The van der Waals surface area contributed by atoms with Gasteiger partial charge in [0.2, 0.25) is 0 Å². The molecule has 1 saturated heterocycles. The second-order valence-corrected chi connectivity index (χ2v) is 7.28. The average molecular weight is 336 g/mol. The van der Waals surface area contributed by atoms with Gasteiger partial charge >= 0.3 is 0 Å². The number of rotatable bonds is 5.